The van der Waals surface area contributed by atoms with Crippen molar-refractivity contribution in [2.75, 3.05) is 0 Å². The Balaban J connectivity index is 0.000000221. The van der Waals surface area contributed by atoms with Crippen molar-refractivity contribution in [2.24, 2.45) is 0 Å². The van der Waals surface area contributed by atoms with Gasteiger partial charge in [0, 0.05) is 37.2 Å². The molecule has 1 aliphatic carbocycles. The SMILES string of the molecule is C[Si](C)(C)c1cccc2sc3c(-c4cc(C5CCCCC5)ccn4)[c-]ccc3c12.Cc1ccc(-c2[c-]cccc2)nc1.[Ir]. The summed E-state index contributed by atoms with van der Waals surface area (Å²) in [6.45, 7) is 9.36. The third kappa shape index (κ3) is 7.07. The summed E-state index contributed by atoms with van der Waals surface area (Å²) in [6.07, 6.45) is 10.6. The molecule has 221 valence electrons. The van der Waals surface area contributed by atoms with Crippen molar-refractivity contribution in [3.05, 3.63) is 115 Å². The molecule has 1 radical (unpaired) electrons. The fourth-order valence-electron chi connectivity index (χ4n) is 6.06. The van der Waals surface area contributed by atoms with Crippen molar-refractivity contribution >= 4 is 44.8 Å². The Hall–Kier alpha value is -2.95. The number of aromatic nitrogens is 2. The molecule has 1 saturated carbocycles. The van der Waals surface area contributed by atoms with Gasteiger partial charge in [-0.15, -0.1) is 59.7 Å². The van der Waals surface area contributed by atoms with E-state index in [4.69, 9.17) is 4.98 Å². The number of thiophene rings is 1. The van der Waals surface area contributed by atoms with Crippen LogP contribution in [0.25, 0.3) is 42.7 Å². The average Bonchev–Trinajstić information content (AvgIpc) is 3.41. The molecular formula is C38H38IrN2SSi-2. The van der Waals surface area contributed by atoms with Crippen LogP contribution in [0.15, 0.2) is 91.3 Å². The standard InChI is InChI=1S/C26H28NSSi.C12H10N.Ir/c1-29(2,3)24-14-8-13-23-25(24)21-12-7-11-20(26(21)28-23)22-17-19(15-16-27-22)18-9-5-4-6-10-18;1-10-7-8-12(13-9-10)11-5-3-2-4-6-11;/h7-8,12-18H,4-6,9-10H2,1-3H3;2-5,7-9H,1H3;/q2*-1;. The van der Waals surface area contributed by atoms with Crippen molar-refractivity contribution in [3.63, 3.8) is 0 Å². The Labute approximate surface area is 275 Å². The molecule has 2 nitrogen and oxygen atoms in total. The van der Waals surface area contributed by atoms with Crippen LogP contribution in [0.2, 0.25) is 19.6 Å². The second-order valence-electron chi connectivity index (χ2n) is 12.4. The second-order valence-corrected chi connectivity index (χ2v) is 18.5. The molecule has 0 N–H and O–H groups in total. The number of hydrogen-bond acceptors (Lipinski definition) is 3. The number of aryl methyl sites for hydroxylation is 1. The van der Waals surface area contributed by atoms with E-state index < -0.39 is 8.07 Å². The summed E-state index contributed by atoms with van der Waals surface area (Å²) in [5.41, 5.74) is 6.92. The van der Waals surface area contributed by atoms with Gasteiger partial charge in [-0.3, -0.25) is 0 Å². The summed E-state index contributed by atoms with van der Waals surface area (Å²) in [4.78, 5) is 9.10. The zero-order valence-electron chi connectivity index (χ0n) is 25.4. The molecule has 0 saturated heterocycles. The van der Waals surface area contributed by atoms with Crippen molar-refractivity contribution < 1.29 is 20.1 Å². The maximum Gasteiger partial charge on any atom is 0.0783 e. The Morgan fingerprint density at radius 2 is 1.65 bits per heavy atom. The zero-order valence-corrected chi connectivity index (χ0v) is 29.6. The Morgan fingerprint density at radius 1 is 0.814 bits per heavy atom. The fraction of sp³-hybridized carbons (Fsp3) is 0.263. The van der Waals surface area contributed by atoms with E-state index in [1.54, 1.807) is 5.19 Å². The van der Waals surface area contributed by atoms with Crippen molar-refractivity contribution in [1.82, 2.24) is 9.97 Å². The van der Waals surface area contributed by atoms with E-state index >= 15 is 0 Å². The molecule has 3 aromatic heterocycles. The van der Waals surface area contributed by atoms with E-state index in [9.17, 15) is 0 Å². The van der Waals surface area contributed by atoms with Gasteiger partial charge in [-0.1, -0.05) is 85.4 Å². The largest absolute Gasteiger partial charge is 0.305 e. The van der Waals surface area contributed by atoms with Crippen LogP contribution in [0.5, 0.6) is 0 Å². The number of nitrogens with zero attached hydrogens (tertiary/aromatic N) is 2. The second kappa shape index (κ2) is 13.8. The molecule has 0 atom stereocenters. The van der Waals surface area contributed by atoms with E-state index in [1.807, 2.05) is 61.0 Å². The van der Waals surface area contributed by atoms with Gasteiger partial charge in [0.05, 0.1) is 8.07 Å². The quantitative estimate of drug-likeness (QED) is 0.132. The number of rotatable bonds is 4. The van der Waals surface area contributed by atoms with Crippen LogP contribution in [0.3, 0.4) is 0 Å². The molecule has 3 heterocycles. The minimum absolute atomic E-state index is 0. The summed E-state index contributed by atoms with van der Waals surface area (Å²) in [6, 6.07) is 34.4. The predicted molar refractivity (Wildman–Crippen MR) is 183 cm³/mol. The molecule has 6 aromatic rings. The molecule has 0 unspecified atom stereocenters. The number of hydrogen-bond donors (Lipinski definition) is 0. The third-order valence-corrected chi connectivity index (χ3v) is 11.5. The summed E-state index contributed by atoms with van der Waals surface area (Å²) in [5.74, 6) is 0.700. The molecule has 0 spiro atoms. The first kappa shape index (κ1) is 31.5. The van der Waals surface area contributed by atoms with Crippen LogP contribution < -0.4 is 5.19 Å². The number of benzene rings is 3. The van der Waals surface area contributed by atoms with E-state index in [0.717, 1.165) is 17.0 Å². The molecule has 0 bridgehead atoms. The molecule has 5 heteroatoms. The average molecular weight is 775 g/mol. The monoisotopic (exact) mass is 775 g/mol. The maximum atomic E-state index is 4.78. The molecular weight excluding hydrogens is 737 g/mol. The minimum atomic E-state index is -1.43. The van der Waals surface area contributed by atoms with Crippen LogP contribution in [-0.4, -0.2) is 18.0 Å². The van der Waals surface area contributed by atoms with Gasteiger partial charge < -0.3 is 9.97 Å². The molecule has 0 aliphatic heterocycles. The van der Waals surface area contributed by atoms with E-state index in [-0.39, 0.29) is 20.1 Å². The first-order valence-corrected chi connectivity index (χ1v) is 19.4. The van der Waals surface area contributed by atoms with Gasteiger partial charge in [0.2, 0.25) is 0 Å². The van der Waals surface area contributed by atoms with Gasteiger partial charge in [-0.25, -0.2) is 0 Å². The summed E-state index contributed by atoms with van der Waals surface area (Å²) in [7, 11) is -1.43. The first-order chi connectivity index (χ1) is 20.4. The van der Waals surface area contributed by atoms with E-state index in [2.05, 4.69) is 85.3 Å². The molecule has 3 aromatic carbocycles. The third-order valence-electron chi connectivity index (χ3n) is 8.28. The van der Waals surface area contributed by atoms with Gasteiger partial charge in [-0.05, 0) is 64.9 Å². The number of pyridine rings is 2. The summed E-state index contributed by atoms with van der Waals surface area (Å²) < 4.78 is 2.73. The van der Waals surface area contributed by atoms with Crippen LogP contribution in [0.1, 0.15) is 49.1 Å². The normalized spacial score (nSPS) is 13.8. The Kier molecular flexibility index (Phi) is 10.1. The van der Waals surface area contributed by atoms with Crippen LogP contribution in [-0.2, 0) is 20.1 Å². The molecule has 7 rings (SSSR count). The predicted octanol–water partition coefficient (Wildman–Crippen LogP) is 10.4. The van der Waals surface area contributed by atoms with Crippen LogP contribution in [0.4, 0.5) is 0 Å². The van der Waals surface area contributed by atoms with Crippen molar-refractivity contribution in [3.8, 4) is 22.5 Å². The van der Waals surface area contributed by atoms with Gasteiger partial charge in [0.25, 0.3) is 0 Å². The smallest absolute Gasteiger partial charge is 0.0783 e. The molecule has 1 aliphatic rings. The van der Waals surface area contributed by atoms with Gasteiger partial charge in [-0.2, -0.15) is 11.3 Å². The van der Waals surface area contributed by atoms with Gasteiger partial charge in [0.15, 0.2) is 0 Å². The number of fused-ring (bicyclic) bond motifs is 3. The molecule has 0 amide bonds. The summed E-state index contributed by atoms with van der Waals surface area (Å²) >= 11 is 1.91. The zero-order chi connectivity index (χ0) is 29.1. The topological polar surface area (TPSA) is 25.8 Å². The van der Waals surface area contributed by atoms with Gasteiger partial charge in [0.1, 0.15) is 0 Å². The summed E-state index contributed by atoms with van der Waals surface area (Å²) in [5, 5.41) is 4.40. The Bertz CT molecular complexity index is 1800. The molecule has 1 fully saturated rings. The first-order valence-electron chi connectivity index (χ1n) is 15.1. The minimum Gasteiger partial charge on any atom is -0.305 e. The van der Waals surface area contributed by atoms with E-state index in [0.29, 0.717) is 5.92 Å². The van der Waals surface area contributed by atoms with Crippen molar-refractivity contribution in [2.45, 2.75) is 64.6 Å². The molecule has 43 heavy (non-hydrogen) atoms. The fourth-order valence-corrected chi connectivity index (χ4v) is 9.00. The van der Waals surface area contributed by atoms with E-state index in [1.165, 1.54) is 69.0 Å². The van der Waals surface area contributed by atoms with Crippen LogP contribution in [0, 0.1) is 19.1 Å². The van der Waals surface area contributed by atoms with Crippen LogP contribution >= 0.6 is 11.3 Å². The Morgan fingerprint density at radius 3 is 2.37 bits per heavy atom. The maximum absolute atomic E-state index is 4.78. The van der Waals surface area contributed by atoms with Crippen molar-refractivity contribution in [1.29, 1.82) is 0 Å². The van der Waals surface area contributed by atoms with Gasteiger partial charge >= 0.3 is 0 Å².